The Morgan fingerprint density at radius 1 is 1.26 bits per heavy atom. The molecule has 5 nitrogen and oxygen atoms in total. The van der Waals surface area contributed by atoms with Crippen LogP contribution in [0.3, 0.4) is 0 Å². The predicted molar refractivity (Wildman–Crippen MR) is 91.3 cm³/mol. The first-order chi connectivity index (χ1) is 10.9. The average molecular weight is 399 g/mol. The van der Waals surface area contributed by atoms with Crippen molar-refractivity contribution in [3.63, 3.8) is 0 Å². The van der Waals surface area contributed by atoms with Crippen molar-refractivity contribution < 1.29 is 19.4 Å². The maximum atomic E-state index is 12.2. The van der Waals surface area contributed by atoms with E-state index >= 15 is 0 Å². The number of ether oxygens (including phenoxy) is 1. The quantitative estimate of drug-likeness (QED) is 0.791. The van der Waals surface area contributed by atoms with E-state index in [2.05, 4.69) is 21.2 Å². The van der Waals surface area contributed by atoms with E-state index in [1.54, 1.807) is 37.3 Å². The molecule has 0 bridgehead atoms. The molecule has 7 heteroatoms. The van der Waals surface area contributed by atoms with Gasteiger partial charge in [0.1, 0.15) is 5.75 Å². The number of benzene rings is 2. The van der Waals surface area contributed by atoms with Gasteiger partial charge < -0.3 is 15.2 Å². The van der Waals surface area contributed by atoms with E-state index < -0.39 is 18.0 Å². The summed E-state index contributed by atoms with van der Waals surface area (Å²) in [6, 6.07) is 11.0. The van der Waals surface area contributed by atoms with Crippen LogP contribution in [-0.4, -0.2) is 23.1 Å². The Hall–Kier alpha value is -2.05. The number of nitrogens with one attached hydrogen (secondary N) is 1. The molecular formula is C16H13BrClNO4. The van der Waals surface area contributed by atoms with E-state index in [0.29, 0.717) is 20.9 Å². The van der Waals surface area contributed by atoms with Gasteiger partial charge in [-0.1, -0.05) is 17.7 Å². The first kappa shape index (κ1) is 17.3. The lowest BCUT2D eigenvalue weighted by Gasteiger charge is -2.16. The number of aromatic carboxylic acids is 1. The SMILES string of the molecule is CC(Oc1ccc(Cl)cc1Br)C(=O)Nc1cccc(C(=O)O)c1. The number of rotatable bonds is 5. The summed E-state index contributed by atoms with van der Waals surface area (Å²) in [4.78, 5) is 23.1. The molecule has 2 N–H and O–H groups in total. The zero-order valence-corrected chi connectivity index (χ0v) is 14.4. The normalized spacial score (nSPS) is 11.6. The van der Waals surface area contributed by atoms with Crippen molar-refractivity contribution in [2.45, 2.75) is 13.0 Å². The molecular weight excluding hydrogens is 386 g/mol. The lowest BCUT2D eigenvalue weighted by molar-refractivity contribution is -0.122. The van der Waals surface area contributed by atoms with Crippen LogP contribution in [-0.2, 0) is 4.79 Å². The Balaban J connectivity index is 2.05. The molecule has 2 aromatic carbocycles. The van der Waals surface area contributed by atoms with Crippen molar-refractivity contribution in [2.75, 3.05) is 5.32 Å². The van der Waals surface area contributed by atoms with Crippen LogP contribution in [0.2, 0.25) is 5.02 Å². The molecule has 2 rings (SSSR count). The van der Waals surface area contributed by atoms with Crippen LogP contribution in [0.1, 0.15) is 17.3 Å². The molecule has 0 saturated heterocycles. The summed E-state index contributed by atoms with van der Waals surface area (Å²) in [6.07, 6.45) is -0.777. The fourth-order valence-electron chi connectivity index (χ4n) is 1.79. The summed E-state index contributed by atoms with van der Waals surface area (Å²) in [5.41, 5.74) is 0.484. The second-order valence-corrected chi connectivity index (χ2v) is 6.00. The van der Waals surface area contributed by atoms with Crippen molar-refractivity contribution in [2.24, 2.45) is 0 Å². The molecule has 0 spiro atoms. The molecule has 0 aliphatic heterocycles. The number of amides is 1. The molecule has 0 aliphatic rings. The molecule has 0 aromatic heterocycles. The van der Waals surface area contributed by atoms with E-state index in [-0.39, 0.29) is 5.56 Å². The minimum Gasteiger partial charge on any atom is -0.480 e. The van der Waals surface area contributed by atoms with Crippen LogP contribution < -0.4 is 10.1 Å². The van der Waals surface area contributed by atoms with Gasteiger partial charge in [-0.25, -0.2) is 4.79 Å². The van der Waals surface area contributed by atoms with Crippen LogP contribution in [0.15, 0.2) is 46.9 Å². The fourth-order valence-corrected chi connectivity index (χ4v) is 2.56. The number of carbonyl (C=O) groups excluding carboxylic acids is 1. The number of anilines is 1. The Kier molecular flexibility index (Phi) is 5.63. The van der Waals surface area contributed by atoms with Gasteiger partial charge in [0.15, 0.2) is 6.10 Å². The number of carboxylic acid groups (broad SMARTS) is 1. The van der Waals surface area contributed by atoms with E-state index in [9.17, 15) is 9.59 Å². The summed E-state index contributed by atoms with van der Waals surface area (Å²) in [5.74, 6) is -0.971. The highest BCUT2D eigenvalue weighted by molar-refractivity contribution is 9.10. The highest BCUT2D eigenvalue weighted by Crippen LogP contribution is 2.28. The van der Waals surface area contributed by atoms with Crippen LogP contribution in [0.4, 0.5) is 5.69 Å². The fraction of sp³-hybridized carbons (Fsp3) is 0.125. The van der Waals surface area contributed by atoms with Gasteiger partial charge in [0.2, 0.25) is 0 Å². The molecule has 0 fully saturated rings. The molecule has 1 amide bonds. The van der Waals surface area contributed by atoms with Gasteiger partial charge in [-0.05, 0) is 59.3 Å². The lowest BCUT2D eigenvalue weighted by atomic mass is 10.2. The molecule has 23 heavy (non-hydrogen) atoms. The van der Waals surface area contributed by atoms with Gasteiger partial charge in [0.25, 0.3) is 5.91 Å². The van der Waals surface area contributed by atoms with E-state index in [1.165, 1.54) is 12.1 Å². The Morgan fingerprint density at radius 3 is 2.65 bits per heavy atom. The molecule has 0 aliphatic carbocycles. The van der Waals surface area contributed by atoms with Crippen molar-refractivity contribution in [3.05, 3.63) is 57.5 Å². The second-order valence-electron chi connectivity index (χ2n) is 4.71. The first-order valence-electron chi connectivity index (χ1n) is 6.63. The summed E-state index contributed by atoms with van der Waals surface area (Å²) in [5, 5.41) is 12.1. The summed E-state index contributed by atoms with van der Waals surface area (Å²) >= 11 is 9.16. The smallest absolute Gasteiger partial charge is 0.335 e. The molecule has 0 heterocycles. The molecule has 120 valence electrons. The van der Waals surface area contributed by atoms with Crippen LogP contribution in [0.25, 0.3) is 0 Å². The van der Waals surface area contributed by atoms with Gasteiger partial charge in [-0.15, -0.1) is 0 Å². The van der Waals surface area contributed by atoms with Crippen molar-refractivity contribution in [1.82, 2.24) is 0 Å². The topological polar surface area (TPSA) is 75.6 Å². The van der Waals surface area contributed by atoms with Gasteiger partial charge >= 0.3 is 5.97 Å². The monoisotopic (exact) mass is 397 g/mol. The zero-order chi connectivity index (χ0) is 17.0. The number of carboxylic acids is 1. The number of hydrogen-bond acceptors (Lipinski definition) is 3. The lowest BCUT2D eigenvalue weighted by Crippen LogP contribution is -2.30. The van der Waals surface area contributed by atoms with E-state index in [1.807, 2.05) is 0 Å². The van der Waals surface area contributed by atoms with Crippen molar-refractivity contribution in [1.29, 1.82) is 0 Å². The van der Waals surface area contributed by atoms with E-state index in [4.69, 9.17) is 21.4 Å². The van der Waals surface area contributed by atoms with Crippen molar-refractivity contribution >= 4 is 45.1 Å². The third-order valence-electron chi connectivity index (χ3n) is 2.94. The predicted octanol–water partition coefficient (Wildman–Crippen LogP) is 4.21. The van der Waals surface area contributed by atoms with Crippen molar-refractivity contribution in [3.8, 4) is 5.75 Å². The third kappa shape index (κ3) is 4.71. The maximum Gasteiger partial charge on any atom is 0.335 e. The van der Waals surface area contributed by atoms with Crippen LogP contribution in [0, 0.1) is 0 Å². The standard InChI is InChI=1S/C16H13BrClNO4/c1-9(23-14-6-5-11(18)8-13(14)17)15(20)19-12-4-2-3-10(7-12)16(21)22/h2-9H,1H3,(H,19,20)(H,21,22). The molecule has 0 saturated carbocycles. The van der Waals surface area contributed by atoms with Crippen LogP contribution >= 0.6 is 27.5 Å². The Morgan fingerprint density at radius 2 is 2.00 bits per heavy atom. The summed E-state index contributed by atoms with van der Waals surface area (Å²) in [7, 11) is 0. The second kappa shape index (κ2) is 7.48. The van der Waals surface area contributed by atoms with E-state index in [0.717, 1.165) is 0 Å². The largest absolute Gasteiger partial charge is 0.480 e. The zero-order valence-electron chi connectivity index (χ0n) is 12.0. The summed E-state index contributed by atoms with van der Waals surface area (Å²) < 4.78 is 6.21. The van der Waals surface area contributed by atoms with Gasteiger partial charge in [-0.2, -0.15) is 0 Å². The minimum absolute atomic E-state index is 0.0943. The maximum absolute atomic E-state index is 12.2. The molecule has 1 unspecified atom stereocenters. The number of halogens is 2. The highest BCUT2D eigenvalue weighted by Gasteiger charge is 2.17. The van der Waals surface area contributed by atoms with Gasteiger partial charge in [0, 0.05) is 10.7 Å². The first-order valence-corrected chi connectivity index (χ1v) is 7.80. The van der Waals surface area contributed by atoms with Crippen LogP contribution in [0.5, 0.6) is 5.75 Å². The minimum atomic E-state index is -1.06. The molecule has 0 radical (unpaired) electrons. The Bertz CT molecular complexity index is 751. The number of carbonyl (C=O) groups is 2. The Labute approximate surface area is 146 Å². The summed E-state index contributed by atoms with van der Waals surface area (Å²) in [6.45, 7) is 1.59. The molecule has 2 aromatic rings. The van der Waals surface area contributed by atoms with Gasteiger partial charge in [0.05, 0.1) is 10.0 Å². The molecule has 1 atom stereocenters. The highest BCUT2D eigenvalue weighted by atomic mass is 79.9. The number of hydrogen-bond donors (Lipinski definition) is 2. The average Bonchev–Trinajstić information content (AvgIpc) is 2.50. The third-order valence-corrected chi connectivity index (χ3v) is 3.80. The van der Waals surface area contributed by atoms with Gasteiger partial charge in [-0.3, -0.25) is 4.79 Å².